The molecule has 0 aromatic heterocycles. The van der Waals surface area contributed by atoms with Crippen molar-refractivity contribution in [2.75, 3.05) is 19.6 Å². The number of hydrogen-bond donors (Lipinski definition) is 1. The summed E-state index contributed by atoms with van der Waals surface area (Å²) in [6, 6.07) is 1.74. The molecule has 2 heteroatoms. The molecule has 2 unspecified atom stereocenters. The molecule has 0 aromatic carbocycles. The second-order valence-corrected chi connectivity index (χ2v) is 6.95. The van der Waals surface area contributed by atoms with Crippen molar-refractivity contribution in [2.45, 2.75) is 70.4 Å². The van der Waals surface area contributed by atoms with Crippen molar-refractivity contribution < 1.29 is 0 Å². The average molecular weight is 250 g/mol. The van der Waals surface area contributed by atoms with Crippen LogP contribution in [0.4, 0.5) is 0 Å². The Hall–Kier alpha value is -0.0800. The van der Waals surface area contributed by atoms with Crippen molar-refractivity contribution in [1.29, 1.82) is 0 Å². The van der Waals surface area contributed by atoms with Crippen molar-refractivity contribution >= 4 is 0 Å². The maximum absolute atomic E-state index is 3.90. The quantitative estimate of drug-likeness (QED) is 0.807. The first-order chi connectivity index (χ1) is 8.85. The number of hydrogen-bond acceptors (Lipinski definition) is 2. The Labute approximate surface area is 113 Å². The van der Waals surface area contributed by atoms with E-state index in [1.807, 2.05) is 0 Å². The molecule has 1 saturated heterocycles. The number of rotatable bonds is 5. The Kier molecular flexibility index (Phi) is 4.25. The van der Waals surface area contributed by atoms with Gasteiger partial charge in [-0.25, -0.2) is 0 Å². The van der Waals surface area contributed by atoms with Gasteiger partial charge in [-0.15, -0.1) is 0 Å². The number of nitrogens with one attached hydrogen (secondary N) is 1. The summed E-state index contributed by atoms with van der Waals surface area (Å²) in [5.41, 5.74) is 0. The summed E-state index contributed by atoms with van der Waals surface area (Å²) in [4.78, 5) is 2.78. The smallest absolute Gasteiger partial charge is 0.0198 e. The van der Waals surface area contributed by atoms with E-state index in [0.29, 0.717) is 0 Å². The van der Waals surface area contributed by atoms with E-state index in [-0.39, 0.29) is 0 Å². The van der Waals surface area contributed by atoms with E-state index in [4.69, 9.17) is 0 Å². The first-order valence-electron chi connectivity index (χ1n) is 8.32. The normalized spacial score (nSPS) is 35.2. The molecule has 104 valence electrons. The molecule has 1 N–H and O–H groups in total. The minimum atomic E-state index is 0.782. The van der Waals surface area contributed by atoms with Crippen molar-refractivity contribution in [2.24, 2.45) is 11.8 Å². The predicted molar refractivity (Wildman–Crippen MR) is 76.7 cm³/mol. The number of piperidine rings is 1. The Bertz CT molecular complexity index is 256. The SMILES string of the molecule is CCC1CC(NCC2CCCC2)CN(C2CC2)C1. The van der Waals surface area contributed by atoms with Crippen LogP contribution < -0.4 is 5.32 Å². The Morgan fingerprint density at radius 3 is 2.44 bits per heavy atom. The van der Waals surface area contributed by atoms with E-state index >= 15 is 0 Å². The zero-order valence-electron chi connectivity index (χ0n) is 12.0. The lowest BCUT2D eigenvalue weighted by molar-refractivity contribution is 0.129. The lowest BCUT2D eigenvalue weighted by Crippen LogP contribution is -2.50. The highest BCUT2D eigenvalue weighted by Crippen LogP contribution is 2.32. The summed E-state index contributed by atoms with van der Waals surface area (Å²) in [6.07, 6.45) is 11.6. The summed E-state index contributed by atoms with van der Waals surface area (Å²) in [5.74, 6) is 1.93. The minimum absolute atomic E-state index is 0.782. The third-order valence-corrected chi connectivity index (χ3v) is 5.38. The lowest BCUT2D eigenvalue weighted by Gasteiger charge is -2.38. The van der Waals surface area contributed by atoms with E-state index in [1.165, 1.54) is 71.0 Å². The van der Waals surface area contributed by atoms with Gasteiger partial charge in [0, 0.05) is 25.2 Å². The number of likely N-dealkylation sites (tertiary alicyclic amines) is 1. The minimum Gasteiger partial charge on any atom is -0.312 e. The van der Waals surface area contributed by atoms with E-state index in [9.17, 15) is 0 Å². The molecule has 2 nitrogen and oxygen atoms in total. The summed E-state index contributed by atoms with van der Waals surface area (Å²) in [5, 5.41) is 3.90. The van der Waals surface area contributed by atoms with Crippen molar-refractivity contribution in [3.63, 3.8) is 0 Å². The first-order valence-corrected chi connectivity index (χ1v) is 8.32. The van der Waals surface area contributed by atoms with E-state index in [2.05, 4.69) is 17.1 Å². The van der Waals surface area contributed by atoms with Gasteiger partial charge in [-0.2, -0.15) is 0 Å². The van der Waals surface area contributed by atoms with E-state index in [1.54, 1.807) is 0 Å². The predicted octanol–water partition coefficient (Wildman–Crippen LogP) is 3.03. The molecule has 0 bridgehead atoms. The topological polar surface area (TPSA) is 15.3 Å². The van der Waals surface area contributed by atoms with Crippen LogP contribution in [0, 0.1) is 11.8 Å². The van der Waals surface area contributed by atoms with Crippen molar-refractivity contribution in [3.8, 4) is 0 Å². The Morgan fingerprint density at radius 1 is 1.00 bits per heavy atom. The highest BCUT2D eigenvalue weighted by atomic mass is 15.2. The fourth-order valence-corrected chi connectivity index (χ4v) is 3.97. The van der Waals surface area contributed by atoms with Crippen LogP contribution in [0.5, 0.6) is 0 Å². The highest BCUT2D eigenvalue weighted by Gasteiger charge is 2.35. The molecule has 0 radical (unpaired) electrons. The van der Waals surface area contributed by atoms with Crippen LogP contribution in [0.25, 0.3) is 0 Å². The molecule has 0 spiro atoms. The van der Waals surface area contributed by atoms with Crippen LogP contribution in [0.3, 0.4) is 0 Å². The van der Waals surface area contributed by atoms with Gasteiger partial charge in [0.2, 0.25) is 0 Å². The zero-order chi connectivity index (χ0) is 12.4. The second kappa shape index (κ2) is 5.92. The third-order valence-electron chi connectivity index (χ3n) is 5.38. The van der Waals surface area contributed by atoms with Crippen molar-refractivity contribution in [1.82, 2.24) is 10.2 Å². The molecule has 3 aliphatic rings. The summed E-state index contributed by atoms with van der Waals surface area (Å²) < 4.78 is 0. The largest absolute Gasteiger partial charge is 0.312 e. The van der Waals surface area contributed by atoms with Crippen molar-refractivity contribution in [3.05, 3.63) is 0 Å². The van der Waals surface area contributed by atoms with Crippen LogP contribution >= 0.6 is 0 Å². The lowest BCUT2D eigenvalue weighted by atomic mass is 9.91. The van der Waals surface area contributed by atoms with E-state index < -0.39 is 0 Å². The van der Waals surface area contributed by atoms with Crippen LogP contribution in [0.1, 0.15) is 58.3 Å². The fraction of sp³-hybridized carbons (Fsp3) is 1.00. The average Bonchev–Trinajstić information content (AvgIpc) is 3.13. The molecule has 0 aromatic rings. The van der Waals surface area contributed by atoms with Gasteiger partial charge in [0.15, 0.2) is 0 Å². The molecule has 1 heterocycles. The standard InChI is InChI=1S/C16H30N2/c1-2-13-9-15(12-18(11-13)16-7-8-16)17-10-14-5-3-4-6-14/h13-17H,2-12H2,1H3. The maximum atomic E-state index is 3.90. The van der Waals surface area contributed by atoms with Gasteiger partial charge >= 0.3 is 0 Å². The van der Waals surface area contributed by atoms with Crippen LogP contribution in [-0.4, -0.2) is 36.6 Å². The fourth-order valence-electron chi connectivity index (χ4n) is 3.97. The molecule has 2 saturated carbocycles. The second-order valence-electron chi connectivity index (χ2n) is 6.95. The summed E-state index contributed by atoms with van der Waals surface area (Å²) >= 11 is 0. The van der Waals surface area contributed by atoms with Crippen LogP contribution in [0.2, 0.25) is 0 Å². The van der Waals surface area contributed by atoms with Gasteiger partial charge in [-0.05, 0) is 50.5 Å². The molecular weight excluding hydrogens is 220 g/mol. The molecule has 1 aliphatic heterocycles. The molecular formula is C16H30N2. The highest BCUT2D eigenvalue weighted by molar-refractivity contribution is 4.92. The molecule has 3 fully saturated rings. The van der Waals surface area contributed by atoms with Gasteiger partial charge in [0.1, 0.15) is 0 Å². The summed E-state index contributed by atoms with van der Waals surface area (Å²) in [7, 11) is 0. The molecule has 2 aliphatic carbocycles. The van der Waals surface area contributed by atoms with Crippen LogP contribution in [0.15, 0.2) is 0 Å². The zero-order valence-corrected chi connectivity index (χ0v) is 12.0. The Balaban J connectivity index is 1.47. The molecule has 2 atom stereocenters. The third kappa shape index (κ3) is 3.27. The van der Waals surface area contributed by atoms with Crippen LogP contribution in [-0.2, 0) is 0 Å². The maximum Gasteiger partial charge on any atom is 0.0198 e. The van der Waals surface area contributed by atoms with E-state index in [0.717, 1.165) is 23.9 Å². The Morgan fingerprint density at radius 2 is 1.78 bits per heavy atom. The monoisotopic (exact) mass is 250 g/mol. The van der Waals surface area contributed by atoms with Gasteiger partial charge < -0.3 is 5.32 Å². The van der Waals surface area contributed by atoms with Gasteiger partial charge in [0.05, 0.1) is 0 Å². The van der Waals surface area contributed by atoms with Gasteiger partial charge in [-0.3, -0.25) is 4.90 Å². The number of nitrogens with zero attached hydrogens (tertiary/aromatic N) is 1. The molecule has 0 amide bonds. The first kappa shape index (κ1) is 12.9. The van der Waals surface area contributed by atoms with Gasteiger partial charge in [0.25, 0.3) is 0 Å². The molecule has 18 heavy (non-hydrogen) atoms. The summed E-state index contributed by atoms with van der Waals surface area (Å²) in [6.45, 7) is 6.37. The van der Waals surface area contributed by atoms with Gasteiger partial charge in [-0.1, -0.05) is 26.2 Å². The molecule has 3 rings (SSSR count).